The van der Waals surface area contributed by atoms with Crippen molar-refractivity contribution in [1.29, 1.82) is 0 Å². The number of phenolic OH excluding ortho intramolecular Hbond substituents is 2. The zero-order valence-electron chi connectivity index (χ0n) is 16.8. The molecule has 2 aromatic heterocycles. The van der Waals surface area contributed by atoms with Gasteiger partial charge in [-0.25, -0.2) is 0 Å². The maximum atomic E-state index is 13.3. The molecule has 0 bridgehead atoms. The third kappa shape index (κ3) is 4.35. The van der Waals surface area contributed by atoms with E-state index in [4.69, 9.17) is 0 Å². The maximum Gasteiger partial charge on any atom is 0.262 e. The topological polar surface area (TPSA) is 99.4 Å². The molecule has 31 heavy (non-hydrogen) atoms. The first-order chi connectivity index (χ1) is 15.0. The quantitative estimate of drug-likeness (QED) is 0.512. The van der Waals surface area contributed by atoms with Gasteiger partial charge in [-0.1, -0.05) is 18.2 Å². The van der Waals surface area contributed by atoms with Crippen LogP contribution < -0.4 is 4.90 Å². The Kier molecular flexibility index (Phi) is 5.57. The molecule has 2 heterocycles. The number of aryl methyl sites for hydroxylation is 1. The Morgan fingerprint density at radius 1 is 1.00 bits per heavy atom. The van der Waals surface area contributed by atoms with Crippen molar-refractivity contribution in [2.24, 2.45) is 0 Å². The molecular weight excluding hydrogens is 392 g/mol. The number of carbonyl (C=O) groups excluding carboxylic acids is 1. The molecule has 2 N–H and O–H groups in total. The van der Waals surface area contributed by atoms with Crippen LogP contribution in [-0.4, -0.2) is 31.3 Å². The van der Waals surface area contributed by atoms with Crippen LogP contribution in [0.3, 0.4) is 0 Å². The third-order valence-corrected chi connectivity index (χ3v) is 4.90. The summed E-state index contributed by atoms with van der Waals surface area (Å²) in [6, 6.07) is 16.9. The second-order valence-electron chi connectivity index (χ2n) is 7.06. The molecule has 0 radical (unpaired) electrons. The monoisotopic (exact) mass is 412 g/mol. The van der Waals surface area contributed by atoms with E-state index in [9.17, 15) is 15.0 Å². The standard InChI is InChI=1S/C24H20N4O3/c1-16-10-12-26-27-23(16)18-4-6-19(7-5-18)28(15-17-3-2-11-25-14-17)24(31)21-9-8-20(29)13-22(21)30/h2-14,29-30H,15H2,1H3. The first-order valence-electron chi connectivity index (χ1n) is 9.64. The molecule has 0 aliphatic heterocycles. The van der Waals surface area contributed by atoms with Crippen LogP contribution in [0.4, 0.5) is 5.69 Å². The van der Waals surface area contributed by atoms with Crippen molar-refractivity contribution in [3.8, 4) is 22.8 Å². The number of aromatic nitrogens is 3. The molecule has 0 saturated carbocycles. The van der Waals surface area contributed by atoms with Crippen LogP contribution in [0.15, 0.2) is 79.3 Å². The summed E-state index contributed by atoms with van der Waals surface area (Å²) in [5.74, 6) is -0.797. The number of phenols is 2. The predicted molar refractivity (Wildman–Crippen MR) is 117 cm³/mol. The molecule has 7 nitrogen and oxygen atoms in total. The highest BCUT2D eigenvalue weighted by Crippen LogP contribution is 2.29. The summed E-state index contributed by atoms with van der Waals surface area (Å²) >= 11 is 0. The SMILES string of the molecule is Cc1ccnnc1-c1ccc(N(Cc2cccnc2)C(=O)c2ccc(O)cc2O)cc1. The van der Waals surface area contributed by atoms with E-state index < -0.39 is 5.91 Å². The zero-order chi connectivity index (χ0) is 21.8. The molecule has 1 amide bonds. The highest BCUT2D eigenvalue weighted by molar-refractivity contribution is 6.08. The van der Waals surface area contributed by atoms with Gasteiger partial charge in [-0.15, -0.1) is 0 Å². The van der Waals surface area contributed by atoms with E-state index in [1.165, 1.54) is 12.1 Å². The minimum atomic E-state index is -0.398. The van der Waals surface area contributed by atoms with Crippen molar-refractivity contribution in [2.45, 2.75) is 13.5 Å². The number of anilines is 1. The van der Waals surface area contributed by atoms with Gasteiger partial charge in [0.1, 0.15) is 11.5 Å². The average Bonchev–Trinajstić information content (AvgIpc) is 2.78. The lowest BCUT2D eigenvalue weighted by Gasteiger charge is -2.24. The zero-order valence-corrected chi connectivity index (χ0v) is 16.8. The summed E-state index contributed by atoms with van der Waals surface area (Å²) in [6.07, 6.45) is 5.00. The Balaban J connectivity index is 1.72. The Morgan fingerprint density at radius 2 is 1.81 bits per heavy atom. The maximum absolute atomic E-state index is 13.3. The summed E-state index contributed by atoms with van der Waals surface area (Å²) in [5.41, 5.74) is 4.23. The summed E-state index contributed by atoms with van der Waals surface area (Å²) in [4.78, 5) is 19.0. The predicted octanol–water partition coefficient (Wildman–Crippen LogP) is 4.11. The van der Waals surface area contributed by atoms with Crippen LogP contribution in [0.5, 0.6) is 11.5 Å². The van der Waals surface area contributed by atoms with Crippen molar-refractivity contribution >= 4 is 11.6 Å². The Labute approximate surface area is 179 Å². The summed E-state index contributed by atoms with van der Waals surface area (Å²) in [7, 11) is 0. The Bertz CT molecular complexity index is 1210. The fourth-order valence-corrected chi connectivity index (χ4v) is 3.28. The van der Waals surface area contributed by atoms with Gasteiger partial charge in [-0.2, -0.15) is 10.2 Å². The lowest BCUT2D eigenvalue weighted by molar-refractivity contribution is 0.0982. The normalized spacial score (nSPS) is 10.6. The molecule has 154 valence electrons. The van der Waals surface area contributed by atoms with Gasteiger partial charge in [-0.05, 0) is 54.4 Å². The highest BCUT2D eigenvalue weighted by atomic mass is 16.3. The van der Waals surface area contributed by atoms with Gasteiger partial charge in [0.25, 0.3) is 5.91 Å². The van der Waals surface area contributed by atoms with Crippen LogP contribution in [0.1, 0.15) is 21.5 Å². The number of hydrogen-bond acceptors (Lipinski definition) is 6. The largest absolute Gasteiger partial charge is 0.508 e. The number of carbonyl (C=O) groups is 1. The van der Waals surface area contributed by atoms with Gasteiger partial charge >= 0.3 is 0 Å². The van der Waals surface area contributed by atoms with Gasteiger partial charge in [0.2, 0.25) is 0 Å². The van der Waals surface area contributed by atoms with Gasteiger partial charge in [0.05, 0.1) is 17.8 Å². The summed E-state index contributed by atoms with van der Waals surface area (Å²) < 4.78 is 0. The molecule has 0 aliphatic carbocycles. The Morgan fingerprint density at radius 3 is 2.48 bits per heavy atom. The molecule has 0 atom stereocenters. The van der Waals surface area contributed by atoms with Crippen molar-refractivity contribution in [2.75, 3.05) is 4.90 Å². The van der Waals surface area contributed by atoms with Crippen LogP contribution in [0.25, 0.3) is 11.3 Å². The van der Waals surface area contributed by atoms with Crippen molar-refractivity contribution < 1.29 is 15.0 Å². The molecule has 0 unspecified atom stereocenters. The Hall–Kier alpha value is -4.26. The van der Waals surface area contributed by atoms with Crippen LogP contribution in [-0.2, 0) is 6.54 Å². The van der Waals surface area contributed by atoms with Crippen LogP contribution >= 0.6 is 0 Å². The van der Waals surface area contributed by atoms with E-state index in [0.717, 1.165) is 28.5 Å². The number of aromatic hydroxyl groups is 2. The minimum absolute atomic E-state index is 0.0931. The molecule has 7 heteroatoms. The van der Waals surface area contributed by atoms with E-state index in [-0.39, 0.29) is 23.6 Å². The van der Waals surface area contributed by atoms with Gasteiger partial charge in [-0.3, -0.25) is 9.78 Å². The molecular formula is C24H20N4O3. The molecule has 0 aliphatic rings. The van der Waals surface area contributed by atoms with Crippen molar-refractivity contribution in [3.05, 3.63) is 95.9 Å². The van der Waals surface area contributed by atoms with E-state index >= 15 is 0 Å². The third-order valence-electron chi connectivity index (χ3n) is 4.90. The molecule has 0 spiro atoms. The smallest absolute Gasteiger partial charge is 0.262 e. The molecule has 4 rings (SSSR count). The average molecular weight is 412 g/mol. The number of pyridine rings is 1. The summed E-state index contributed by atoms with van der Waals surface area (Å²) in [5, 5.41) is 27.9. The van der Waals surface area contributed by atoms with Crippen molar-refractivity contribution in [3.63, 3.8) is 0 Å². The summed E-state index contributed by atoms with van der Waals surface area (Å²) in [6.45, 7) is 2.22. The fraction of sp³-hybridized carbons (Fsp3) is 0.0833. The molecule has 4 aromatic rings. The van der Waals surface area contributed by atoms with E-state index in [0.29, 0.717) is 5.69 Å². The van der Waals surface area contributed by atoms with Crippen LogP contribution in [0.2, 0.25) is 0 Å². The van der Waals surface area contributed by atoms with Gasteiger partial charge in [0, 0.05) is 35.9 Å². The molecule has 2 aromatic carbocycles. The lowest BCUT2D eigenvalue weighted by atomic mass is 10.1. The van der Waals surface area contributed by atoms with E-state index in [2.05, 4.69) is 15.2 Å². The van der Waals surface area contributed by atoms with E-state index in [1.807, 2.05) is 43.3 Å². The van der Waals surface area contributed by atoms with Gasteiger partial charge < -0.3 is 15.1 Å². The first kappa shape index (κ1) is 20.0. The first-order valence-corrected chi connectivity index (χ1v) is 9.64. The number of nitrogens with zero attached hydrogens (tertiary/aromatic N) is 4. The second-order valence-corrected chi connectivity index (χ2v) is 7.06. The number of amides is 1. The lowest BCUT2D eigenvalue weighted by Crippen LogP contribution is -2.30. The van der Waals surface area contributed by atoms with Crippen molar-refractivity contribution in [1.82, 2.24) is 15.2 Å². The van der Waals surface area contributed by atoms with Gasteiger partial charge in [0.15, 0.2) is 0 Å². The minimum Gasteiger partial charge on any atom is -0.508 e. The number of hydrogen-bond donors (Lipinski definition) is 2. The molecule has 0 saturated heterocycles. The number of rotatable bonds is 5. The van der Waals surface area contributed by atoms with E-state index in [1.54, 1.807) is 29.6 Å². The number of benzene rings is 2. The van der Waals surface area contributed by atoms with Crippen LogP contribution in [0, 0.1) is 6.92 Å². The highest BCUT2D eigenvalue weighted by Gasteiger charge is 2.22. The second kappa shape index (κ2) is 8.62. The fourth-order valence-electron chi connectivity index (χ4n) is 3.28. The molecule has 0 fully saturated rings.